The summed E-state index contributed by atoms with van der Waals surface area (Å²) in [5.74, 6) is 3.27. The molecule has 4 aromatic carbocycles. The van der Waals surface area contributed by atoms with Crippen molar-refractivity contribution in [2.24, 2.45) is 0 Å². The van der Waals surface area contributed by atoms with Crippen LogP contribution in [0.25, 0.3) is 28.3 Å². The number of terminal acetylenes is 1. The molecule has 4 aromatic rings. The van der Waals surface area contributed by atoms with Crippen LogP contribution >= 0.6 is 0 Å². The van der Waals surface area contributed by atoms with Gasteiger partial charge in [0.1, 0.15) is 0 Å². The quantitative estimate of drug-likeness (QED) is 0.102. The molecular weight excluding hydrogens is 689 g/mol. The highest BCUT2D eigenvalue weighted by Gasteiger charge is 2.36. The molecule has 57 heavy (non-hydrogen) atoms. The van der Waals surface area contributed by atoms with Crippen LogP contribution in [0.15, 0.2) is 164 Å². The third-order valence-electron chi connectivity index (χ3n) is 10.6. The van der Waals surface area contributed by atoms with E-state index >= 15 is 0 Å². The Labute approximate surface area is 343 Å². The van der Waals surface area contributed by atoms with Crippen molar-refractivity contribution in [2.75, 3.05) is 10.2 Å². The van der Waals surface area contributed by atoms with Gasteiger partial charge in [0.2, 0.25) is 0 Å². The Morgan fingerprint density at radius 3 is 2.12 bits per heavy atom. The minimum Gasteiger partial charge on any atom is -0.355 e. The average Bonchev–Trinajstić information content (AvgIpc) is 3.41. The zero-order valence-corrected chi connectivity index (χ0v) is 35.4. The van der Waals surface area contributed by atoms with E-state index < -0.39 is 0 Å². The van der Waals surface area contributed by atoms with E-state index in [4.69, 9.17) is 6.42 Å². The van der Waals surface area contributed by atoms with Gasteiger partial charge in [-0.25, -0.2) is 0 Å². The van der Waals surface area contributed by atoms with E-state index in [0.717, 1.165) is 61.9 Å². The number of benzene rings is 4. The van der Waals surface area contributed by atoms with Crippen LogP contribution in [0.2, 0.25) is 0 Å². The summed E-state index contributed by atoms with van der Waals surface area (Å²) in [5.41, 5.74) is 16.9. The van der Waals surface area contributed by atoms with Crippen molar-refractivity contribution in [3.8, 4) is 23.5 Å². The summed E-state index contributed by atoms with van der Waals surface area (Å²) in [6, 6.07) is 26.6. The number of hydrogen-bond acceptors (Lipinski definition) is 2. The van der Waals surface area contributed by atoms with Crippen molar-refractivity contribution in [1.29, 1.82) is 0 Å². The second-order valence-corrected chi connectivity index (χ2v) is 15.2. The lowest BCUT2D eigenvalue weighted by atomic mass is 9.82. The van der Waals surface area contributed by atoms with Crippen LogP contribution in [-0.4, -0.2) is 0 Å². The van der Waals surface area contributed by atoms with Gasteiger partial charge >= 0.3 is 0 Å². The fourth-order valence-corrected chi connectivity index (χ4v) is 7.99. The third-order valence-corrected chi connectivity index (χ3v) is 10.6. The Morgan fingerprint density at radius 2 is 1.46 bits per heavy atom. The lowest BCUT2D eigenvalue weighted by Crippen LogP contribution is -2.18. The van der Waals surface area contributed by atoms with Crippen LogP contribution in [0.4, 0.5) is 22.7 Å². The molecule has 0 unspecified atom stereocenters. The number of rotatable bonds is 14. The van der Waals surface area contributed by atoms with Crippen LogP contribution < -0.4 is 10.2 Å². The van der Waals surface area contributed by atoms with Crippen molar-refractivity contribution in [3.05, 3.63) is 197 Å². The van der Waals surface area contributed by atoms with E-state index in [-0.39, 0.29) is 11.3 Å². The molecule has 0 spiro atoms. The lowest BCUT2D eigenvalue weighted by Gasteiger charge is -2.33. The molecule has 0 saturated heterocycles. The first kappa shape index (κ1) is 41.9. The monoisotopic (exact) mass is 746 g/mol. The predicted octanol–water partition coefficient (Wildman–Crippen LogP) is 15.8. The molecule has 0 aliphatic heterocycles. The van der Waals surface area contributed by atoms with E-state index in [9.17, 15) is 0 Å². The molecule has 0 atom stereocenters. The molecule has 1 aliphatic rings. The van der Waals surface area contributed by atoms with Crippen LogP contribution in [-0.2, 0) is 5.41 Å². The number of nitrogens with zero attached hydrogens (tertiary/aromatic N) is 1. The molecule has 0 saturated carbocycles. The molecule has 0 heterocycles. The summed E-state index contributed by atoms with van der Waals surface area (Å²) in [7, 11) is 0. The second kappa shape index (κ2) is 18.6. The summed E-state index contributed by atoms with van der Waals surface area (Å²) in [6.45, 7) is 28.3. The molecular formula is C55H58N2. The topological polar surface area (TPSA) is 15.3 Å². The zero-order chi connectivity index (χ0) is 41.3. The molecule has 5 rings (SSSR count). The van der Waals surface area contributed by atoms with Crippen molar-refractivity contribution in [3.63, 3.8) is 0 Å². The first-order valence-corrected chi connectivity index (χ1v) is 20.0. The largest absolute Gasteiger partial charge is 0.355 e. The van der Waals surface area contributed by atoms with Crippen LogP contribution in [0, 0.1) is 12.3 Å². The molecule has 0 bridgehead atoms. The van der Waals surface area contributed by atoms with Gasteiger partial charge < -0.3 is 10.2 Å². The summed E-state index contributed by atoms with van der Waals surface area (Å²) in [6.07, 6.45) is 31.1. The van der Waals surface area contributed by atoms with E-state index in [1.807, 2.05) is 69.4 Å². The van der Waals surface area contributed by atoms with Crippen molar-refractivity contribution in [1.82, 2.24) is 0 Å². The summed E-state index contributed by atoms with van der Waals surface area (Å²) >= 11 is 0. The van der Waals surface area contributed by atoms with Crippen molar-refractivity contribution in [2.45, 2.75) is 73.6 Å². The SMILES string of the molecule is C#C/C(=C(C)\C=C/C)c1c(NC(=C)/C=C\C=C/C)cccc1N(c1ccc2c(c1)-c1ccccc1C2(C)C)c1ccc(C(=C)/C=C\C=C/C)c(/C=C\C)c1C(C)C. The standard InChI is InChI=1S/C55H58N2/c1-13-18-20-27-40(9)44-34-36-52(53(38(6)7)46(44)26-16-4)57(42-33-35-49-47(37-42)45-29-22-23-30-48(45)55(49,11)12)51-32-24-31-50(56-41(10)28-21-19-14-2)54(51)43(17-5)39(8)25-15-3/h5,13-16,18-38,56H,9-10H2,1-4,6-8,11-12H3/b18-13-,19-14-,25-15-,26-16-,27-20-,28-21-,43-39+. The maximum absolute atomic E-state index is 6.52. The summed E-state index contributed by atoms with van der Waals surface area (Å²) in [5, 5.41) is 3.63. The molecule has 1 aliphatic carbocycles. The molecule has 2 heteroatoms. The number of anilines is 4. The van der Waals surface area contributed by atoms with Crippen LogP contribution in [0.3, 0.4) is 0 Å². The Balaban J connectivity index is 1.95. The second-order valence-electron chi connectivity index (χ2n) is 15.2. The van der Waals surface area contributed by atoms with Crippen LogP contribution in [0.1, 0.15) is 102 Å². The Bertz CT molecular complexity index is 2420. The summed E-state index contributed by atoms with van der Waals surface area (Å²) < 4.78 is 0. The number of fused-ring (bicyclic) bond motifs is 3. The average molecular weight is 747 g/mol. The lowest BCUT2D eigenvalue weighted by molar-refractivity contribution is 0.660. The highest BCUT2D eigenvalue weighted by Crippen LogP contribution is 2.52. The van der Waals surface area contributed by atoms with Gasteiger partial charge in [0.15, 0.2) is 0 Å². The van der Waals surface area contributed by atoms with Gasteiger partial charge in [-0.15, -0.1) is 6.42 Å². The van der Waals surface area contributed by atoms with E-state index in [1.165, 1.54) is 27.8 Å². The molecule has 0 aromatic heterocycles. The van der Waals surface area contributed by atoms with E-state index in [2.05, 4.69) is 168 Å². The minimum absolute atomic E-state index is 0.126. The number of allylic oxidation sites excluding steroid dienone is 14. The Kier molecular flexibility index (Phi) is 13.6. The molecule has 0 amide bonds. The maximum atomic E-state index is 6.52. The first-order chi connectivity index (χ1) is 27.4. The highest BCUT2D eigenvalue weighted by molar-refractivity contribution is 5.99. The Hall–Kier alpha value is -6.30. The molecule has 1 N–H and O–H groups in total. The highest BCUT2D eigenvalue weighted by atomic mass is 15.2. The van der Waals surface area contributed by atoms with Gasteiger partial charge in [-0.3, -0.25) is 0 Å². The van der Waals surface area contributed by atoms with Gasteiger partial charge in [-0.05, 0) is 127 Å². The van der Waals surface area contributed by atoms with Gasteiger partial charge in [-0.1, -0.05) is 156 Å². The maximum Gasteiger partial charge on any atom is 0.0567 e. The fourth-order valence-electron chi connectivity index (χ4n) is 7.99. The van der Waals surface area contributed by atoms with Gasteiger partial charge in [0.05, 0.1) is 11.4 Å². The Morgan fingerprint density at radius 1 is 0.754 bits per heavy atom. The van der Waals surface area contributed by atoms with E-state index in [1.54, 1.807) is 0 Å². The molecule has 288 valence electrons. The normalized spacial score (nSPS) is 14.0. The van der Waals surface area contributed by atoms with E-state index in [0.29, 0.717) is 0 Å². The first-order valence-electron chi connectivity index (χ1n) is 20.0. The van der Waals surface area contributed by atoms with Gasteiger partial charge in [0.25, 0.3) is 0 Å². The third kappa shape index (κ3) is 8.60. The molecule has 0 radical (unpaired) electrons. The smallest absolute Gasteiger partial charge is 0.0567 e. The zero-order valence-electron chi connectivity index (χ0n) is 35.4. The molecule has 0 fully saturated rings. The minimum atomic E-state index is -0.126. The fraction of sp³-hybridized carbons (Fsp3) is 0.200. The number of hydrogen-bond donors (Lipinski definition) is 1. The van der Waals surface area contributed by atoms with Gasteiger partial charge in [0, 0.05) is 33.6 Å². The van der Waals surface area contributed by atoms with Gasteiger partial charge in [-0.2, -0.15) is 0 Å². The van der Waals surface area contributed by atoms with Crippen molar-refractivity contribution < 1.29 is 0 Å². The van der Waals surface area contributed by atoms with Crippen LogP contribution in [0.5, 0.6) is 0 Å². The summed E-state index contributed by atoms with van der Waals surface area (Å²) in [4.78, 5) is 2.41. The predicted molar refractivity (Wildman–Crippen MR) is 253 cm³/mol. The molecule has 2 nitrogen and oxygen atoms in total. The van der Waals surface area contributed by atoms with Crippen molar-refractivity contribution >= 4 is 40.0 Å². The number of nitrogens with one attached hydrogen (secondary N) is 1.